The lowest BCUT2D eigenvalue weighted by Gasteiger charge is -2.35. The largest absolute Gasteiger partial charge is 0.326 e. The first-order valence-corrected chi connectivity index (χ1v) is 11.0. The number of hydrogen-bond donors (Lipinski definition) is 1. The van der Waals surface area contributed by atoms with Crippen LogP contribution in [-0.2, 0) is 17.8 Å². The molecule has 1 N–H and O–H groups in total. The van der Waals surface area contributed by atoms with Crippen LogP contribution in [0.1, 0.15) is 22.4 Å². The number of carbonyl (C=O) groups excluding carboxylic acids is 2. The molecule has 154 valence electrons. The van der Waals surface area contributed by atoms with Crippen molar-refractivity contribution in [1.82, 2.24) is 4.90 Å². The molecule has 0 radical (unpaired) electrons. The minimum absolute atomic E-state index is 0.0244. The maximum absolute atomic E-state index is 13.0. The van der Waals surface area contributed by atoms with Gasteiger partial charge < -0.3 is 10.2 Å². The Kier molecular flexibility index (Phi) is 6.14. The lowest BCUT2D eigenvalue weighted by atomic mass is 10.1. The van der Waals surface area contributed by atoms with Crippen LogP contribution in [-0.4, -0.2) is 29.9 Å². The minimum Gasteiger partial charge on any atom is -0.326 e. The fourth-order valence-electron chi connectivity index (χ4n) is 3.58. The van der Waals surface area contributed by atoms with Gasteiger partial charge in [-0.05, 0) is 54.6 Å². The summed E-state index contributed by atoms with van der Waals surface area (Å²) >= 11 is 1.57. The number of aryl methyl sites for hydroxylation is 1. The molecule has 1 aliphatic heterocycles. The topological polar surface area (TPSA) is 52.6 Å². The van der Waals surface area contributed by atoms with Crippen molar-refractivity contribution in [2.45, 2.75) is 26.3 Å². The summed E-state index contributed by atoms with van der Waals surface area (Å²) in [4.78, 5) is 29.9. The summed E-state index contributed by atoms with van der Waals surface area (Å²) < 4.78 is 0. The molecule has 1 aliphatic rings. The normalized spacial score (nSPS) is 14.1. The van der Waals surface area contributed by atoms with Crippen LogP contribution in [0.25, 0.3) is 0 Å². The Morgan fingerprint density at radius 2 is 1.80 bits per heavy atom. The maximum atomic E-state index is 13.0. The summed E-state index contributed by atoms with van der Waals surface area (Å²) in [6.45, 7) is 4.14. The van der Waals surface area contributed by atoms with E-state index in [0.29, 0.717) is 19.5 Å². The van der Waals surface area contributed by atoms with E-state index in [0.717, 1.165) is 34.8 Å². The molecule has 1 saturated heterocycles. The van der Waals surface area contributed by atoms with Crippen LogP contribution in [0.3, 0.4) is 0 Å². The summed E-state index contributed by atoms with van der Waals surface area (Å²) in [7, 11) is 0. The molecule has 0 bridgehead atoms. The number of thiophene rings is 1. The van der Waals surface area contributed by atoms with Gasteiger partial charge in [0.2, 0.25) is 5.91 Å². The lowest BCUT2D eigenvalue weighted by Crippen LogP contribution is -2.49. The molecule has 5 nitrogen and oxygen atoms in total. The highest BCUT2D eigenvalue weighted by atomic mass is 32.1. The first-order chi connectivity index (χ1) is 14.6. The first-order valence-electron chi connectivity index (χ1n) is 10.1. The van der Waals surface area contributed by atoms with E-state index < -0.39 is 0 Å². The van der Waals surface area contributed by atoms with E-state index in [1.165, 1.54) is 5.56 Å². The molecule has 0 unspecified atom stereocenters. The molecule has 0 aliphatic carbocycles. The Balaban J connectivity index is 1.38. The number of nitrogens with zero attached hydrogens (tertiary/aromatic N) is 2. The number of amides is 3. The number of carbonyl (C=O) groups is 2. The third-order valence-electron chi connectivity index (χ3n) is 5.18. The number of rotatable bonds is 6. The average Bonchev–Trinajstić information content (AvgIpc) is 3.25. The number of benzene rings is 2. The molecule has 6 heteroatoms. The molecule has 4 rings (SSSR count). The molecule has 3 amide bonds. The van der Waals surface area contributed by atoms with Gasteiger partial charge in [-0.1, -0.05) is 35.9 Å². The van der Waals surface area contributed by atoms with E-state index in [4.69, 9.17) is 0 Å². The van der Waals surface area contributed by atoms with Gasteiger partial charge in [-0.25, -0.2) is 4.79 Å². The van der Waals surface area contributed by atoms with Crippen LogP contribution in [0.5, 0.6) is 0 Å². The molecule has 2 aromatic carbocycles. The summed E-state index contributed by atoms with van der Waals surface area (Å²) in [6, 6.07) is 19.7. The predicted octanol–water partition coefficient (Wildman–Crippen LogP) is 5.07. The van der Waals surface area contributed by atoms with Crippen molar-refractivity contribution in [1.29, 1.82) is 0 Å². The van der Waals surface area contributed by atoms with E-state index in [1.54, 1.807) is 11.3 Å². The minimum atomic E-state index is -0.0384. The molecule has 2 heterocycles. The van der Waals surface area contributed by atoms with E-state index in [9.17, 15) is 9.59 Å². The first kappa shape index (κ1) is 20.2. The summed E-state index contributed by atoms with van der Waals surface area (Å²) in [5.74, 6) is -0.0384. The van der Waals surface area contributed by atoms with Gasteiger partial charge in [0, 0.05) is 35.9 Å². The highest BCUT2D eigenvalue weighted by molar-refractivity contribution is 7.10. The second-order valence-corrected chi connectivity index (χ2v) is 8.58. The van der Waals surface area contributed by atoms with Gasteiger partial charge in [-0.15, -0.1) is 11.3 Å². The Bertz CT molecular complexity index is 998. The maximum Gasteiger partial charge on any atom is 0.324 e. The zero-order valence-electron chi connectivity index (χ0n) is 17.0. The standard InChI is InChI=1S/C24H25N3O2S/c1-18-5-7-19(8-6-18)17-26-13-3-14-27(24(26)29)21-11-9-20(10-12-21)25-23(28)16-22-4-2-15-30-22/h2,4-12,15H,3,13-14,16-17H2,1H3,(H,25,28). The van der Waals surface area contributed by atoms with Crippen molar-refractivity contribution >= 4 is 34.6 Å². The van der Waals surface area contributed by atoms with Crippen molar-refractivity contribution < 1.29 is 9.59 Å². The molecule has 1 fully saturated rings. The molecular weight excluding hydrogens is 394 g/mol. The zero-order chi connectivity index (χ0) is 20.9. The Labute approximate surface area is 180 Å². The van der Waals surface area contributed by atoms with E-state index in [-0.39, 0.29) is 11.9 Å². The monoisotopic (exact) mass is 419 g/mol. The van der Waals surface area contributed by atoms with Crippen LogP contribution < -0.4 is 10.2 Å². The highest BCUT2D eigenvalue weighted by Gasteiger charge is 2.26. The predicted molar refractivity (Wildman–Crippen MR) is 122 cm³/mol. The van der Waals surface area contributed by atoms with E-state index in [2.05, 4.69) is 36.5 Å². The molecule has 0 saturated carbocycles. The van der Waals surface area contributed by atoms with Crippen molar-refractivity contribution in [3.8, 4) is 0 Å². The van der Waals surface area contributed by atoms with Gasteiger partial charge in [0.15, 0.2) is 0 Å². The summed E-state index contributed by atoms with van der Waals surface area (Å²) in [6.07, 6.45) is 1.30. The van der Waals surface area contributed by atoms with Crippen LogP contribution in [0.2, 0.25) is 0 Å². The number of hydrogen-bond acceptors (Lipinski definition) is 3. The Morgan fingerprint density at radius 3 is 2.50 bits per heavy atom. The Hall–Kier alpha value is -3.12. The number of nitrogens with one attached hydrogen (secondary N) is 1. The molecule has 1 aromatic heterocycles. The van der Waals surface area contributed by atoms with Gasteiger partial charge >= 0.3 is 6.03 Å². The van der Waals surface area contributed by atoms with E-state index in [1.807, 2.05) is 51.6 Å². The molecule has 30 heavy (non-hydrogen) atoms. The van der Waals surface area contributed by atoms with Crippen LogP contribution in [0, 0.1) is 6.92 Å². The fourth-order valence-corrected chi connectivity index (χ4v) is 4.29. The van der Waals surface area contributed by atoms with Crippen molar-refractivity contribution in [2.24, 2.45) is 0 Å². The van der Waals surface area contributed by atoms with Gasteiger partial charge in [-0.2, -0.15) is 0 Å². The van der Waals surface area contributed by atoms with Crippen LogP contribution in [0.15, 0.2) is 66.0 Å². The number of anilines is 2. The third kappa shape index (κ3) is 4.89. The number of urea groups is 1. The van der Waals surface area contributed by atoms with E-state index >= 15 is 0 Å². The second kappa shape index (κ2) is 9.13. The van der Waals surface area contributed by atoms with Crippen molar-refractivity contribution in [3.63, 3.8) is 0 Å². The van der Waals surface area contributed by atoms with Gasteiger partial charge in [-0.3, -0.25) is 9.69 Å². The SMILES string of the molecule is Cc1ccc(CN2CCCN(c3ccc(NC(=O)Cc4cccs4)cc3)C2=O)cc1. The lowest BCUT2D eigenvalue weighted by molar-refractivity contribution is -0.115. The molecule has 0 atom stereocenters. The van der Waals surface area contributed by atoms with Crippen molar-refractivity contribution in [2.75, 3.05) is 23.3 Å². The van der Waals surface area contributed by atoms with Crippen LogP contribution >= 0.6 is 11.3 Å². The van der Waals surface area contributed by atoms with Crippen molar-refractivity contribution in [3.05, 3.63) is 82.0 Å². The quantitative estimate of drug-likeness (QED) is 0.606. The second-order valence-electron chi connectivity index (χ2n) is 7.55. The Morgan fingerprint density at radius 1 is 1.03 bits per heavy atom. The van der Waals surface area contributed by atoms with Crippen LogP contribution in [0.4, 0.5) is 16.2 Å². The fraction of sp³-hybridized carbons (Fsp3) is 0.250. The molecule has 3 aromatic rings. The van der Waals surface area contributed by atoms with Gasteiger partial charge in [0.1, 0.15) is 0 Å². The highest BCUT2D eigenvalue weighted by Crippen LogP contribution is 2.23. The average molecular weight is 420 g/mol. The zero-order valence-corrected chi connectivity index (χ0v) is 17.8. The molecular formula is C24H25N3O2S. The summed E-state index contributed by atoms with van der Waals surface area (Å²) in [5.41, 5.74) is 3.94. The van der Waals surface area contributed by atoms with Gasteiger partial charge in [0.25, 0.3) is 0 Å². The third-order valence-corrected chi connectivity index (χ3v) is 6.06. The summed E-state index contributed by atoms with van der Waals surface area (Å²) in [5, 5.41) is 4.89. The smallest absolute Gasteiger partial charge is 0.324 e. The van der Waals surface area contributed by atoms with Gasteiger partial charge in [0.05, 0.1) is 6.42 Å². The molecule has 0 spiro atoms.